The van der Waals surface area contributed by atoms with E-state index in [1.807, 2.05) is 30.3 Å². The number of carbonyl (C=O) groups is 6. The normalized spacial score (nSPS) is 20.7. The molecule has 5 aromatic rings. The number of nitrogens with zero attached hydrogens (tertiary/aromatic N) is 2. The van der Waals surface area contributed by atoms with Gasteiger partial charge >= 0.3 is 12.2 Å². The zero-order valence-corrected chi connectivity index (χ0v) is 32.6. The molecule has 3 aliphatic rings. The van der Waals surface area contributed by atoms with Crippen LogP contribution in [0, 0.1) is 0 Å². The zero-order valence-electron chi connectivity index (χ0n) is 32.6. The molecule has 60 heavy (non-hydrogen) atoms. The lowest BCUT2D eigenvalue weighted by Crippen LogP contribution is -2.56. The van der Waals surface area contributed by atoms with Crippen LogP contribution < -0.4 is 22.1 Å². The molecule has 308 valence electrons. The Hall–Kier alpha value is -7.16. The van der Waals surface area contributed by atoms with Gasteiger partial charge in [-0.05, 0) is 90.5 Å². The number of benzene rings is 4. The van der Waals surface area contributed by atoms with E-state index in [4.69, 9.17) is 11.5 Å². The van der Waals surface area contributed by atoms with Crippen molar-refractivity contribution in [2.75, 3.05) is 13.1 Å². The highest BCUT2D eigenvalue weighted by Crippen LogP contribution is 2.46. The minimum Gasteiger partial charge on any atom is -0.465 e. The van der Waals surface area contributed by atoms with Gasteiger partial charge in [0.1, 0.15) is 23.2 Å². The second-order valence-corrected chi connectivity index (χ2v) is 15.7. The van der Waals surface area contributed by atoms with Crippen LogP contribution in [0.5, 0.6) is 0 Å². The van der Waals surface area contributed by atoms with Crippen molar-refractivity contribution in [2.45, 2.75) is 68.1 Å². The van der Waals surface area contributed by atoms with Crippen molar-refractivity contribution < 1.29 is 39.0 Å². The molecule has 0 spiro atoms. The van der Waals surface area contributed by atoms with Crippen molar-refractivity contribution in [2.24, 2.45) is 11.5 Å². The number of nitrogens with one attached hydrogen (secondary N) is 3. The molecule has 0 bridgehead atoms. The van der Waals surface area contributed by atoms with E-state index in [9.17, 15) is 39.0 Å². The Balaban J connectivity index is 1.17. The summed E-state index contributed by atoms with van der Waals surface area (Å²) in [4.78, 5) is 86.0. The highest BCUT2D eigenvalue weighted by atomic mass is 16.4. The van der Waals surface area contributed by atoms with E-state index in [1.165, 1.54) is 9.80 Å². The Morgan fingerprint density at radius 3 is 1.63 bits per heavy atom. The molecular weight excluding hydrogens is 767 g/mol. The Bertz CT molecular complexity index is 2540. The third kappa shape index (κ3) is 6.55. The summed E-state index contributed by atoms with van der Waals surface area (Å²) in [5, 5.41) is 24.9. The summed E-state index contributed by atoms with van der Waals surface area (Å²) in [6.45, 7) is 0.404. The highest BCUT2D eigenvalue weighted by Gasteiger charge is 2.53. The van der Waals surface area contributed by atoms with E-state index < -0.39 is 59.0 Å². The number of aromatic amines is 1. The fourth-order valence-electron chi connectivity index (χ4n) is 9.81. The monoisotopic (exact) mass is 811 g/mol. The lowest BCUT2D eigenvalue weighted by molar-refractivity contribution is -0.145. The smallest absolute Gasteiger partial charge is 0.405 e. The predicted octanol–water partition coefficient (Wildman–Crippen LogP) is 4.95. The number of nitrogens with two attached hydrogens (primary N) is 2. The van der Waals surface area contributed by atoms with E-state index in [-0.39, 0.29) is 25.9 Å². The van der Waals surface area contributed by atoms with Gasteiger partial charge in [-0.15, -0.1) is 0 Å². The largest absolute Gasteiger partial charge is 0.465 e. The summed E-state index contributed by atoms with van der Waals surface area (Å²) < 4.78 is 0. The van der Waals surface area contributed by atoms with Gasteiger partial charge in [0, 0.05) is 35.2 Å². The van der Waals surface area contributed by atoms with Crippen LogP contribution in [0.1, 0.15) is 77.6 Å². The Labute approximate surface area is 344 Å². The van der Waals surface area contributed by atoms with Crippen LogP contribution in [-0.4, -0.2) is 73.9 Å². The number of carbonyl (C=O) groups excluding carboxylic acids is 4. The molecule has 4 aromatic carbocycles. The maximum Gasteiger partial charge on any atom is 0.405 e. The minimum absolute atomic E-state index is 0.199. The van der Waals surface area contributed by atoms with Gasteiger partial charge in [0.15, 0.2) is 0 Å². The average Bonchev–Trinajstić information content (AvgIpc) is 3.96. The standard InChI is InChI=1S/C45H45N7O8/c46-40(55)44(20-8-22-51(44)38(53)35(49-42(57)58)26-10-3-1-4-11-26)29-16-18-31-28(24-29)14-7-15-32-33-25-30(17-19-34(33)48-37(31)32)45(41(47)56)21-9-23-52(45)39(54)36(50-43(59)60)27-12-5-2-6-13-27/h1-6,10-13,16-19,24-25,35-36,48-50H,7-9,14-15,20-23H2,(H2,46,55)(H2,47,56)(H,57,58)(H,59,60)/t35-,36-,44+,45+/m1/s1. The van der Waals surface area contributed by atoms with E-state index in [2.05, 4.69) is 15.6 Å². The van der Waals surface area contributed by atoms with Crippen LogP contribution in [0.25, 0.3) is 22.2 Å². The molecular formula is C45H45N7O8. The molecule has 2 saturated heterocycles. The van der Waals surface area contributed by atoms with Crippen molar-refractivity contribution in [1.82, 2.24) is 25.4 Å². The van der Waals surface area contributed by atoms with E-state index in [0.717, 1.165) is 39.7 Å². The molecule has 0 saturated carbocycles. The van der Waals surface area contributed by atoms with Crippen LogP contribution in [0.2, 0.25) is 0 Å². The lowest BCUT2D eigenvalue weighted by atomic mass is 9.83. The molecule has 6 amide bonds. The summed E-state index contributed by atoms with van der Waals surface area (Å²) in [5.74, 6) is -2.58. The molecule has 15 heteroatoms. The molecule has 1 aliphatic carbocycles. The summed E-state index contributed by atoms with van der Waals surface area (Å²) in [7, 11) is 0. The van der Waals surface area contributed by atoms with Crippen LogP contribution in [0.3, 0.4) is 0 Å². The van der Waals surface area contributed by atoms with Gasteiger partial charge in [-0.25, -0.2) is 9.59 Å². The van der Waals surface area contributed by atoms with E-state index in [0.29, 0.717) is 47.9 Å². The second-order valence-electron chi connectivity index (χ2n) is 15.7. The summed E-state index contributed by atoms with van der Waals surface area (Å²) >= 11 is 0. The van der Waals surface area contributed by atoms with Gasteiger partial charge < -0.3 is 47.1 Å². The molecule has 15 nitrogen and oxygen atoms in total. The van der Waals surface area contributed by atoms with Crippen molar-refractivity contribution in [3.63, 3.8) is 0 Å². The van der Waals surface area contributed by atoms with E-state index in [1.54, 1.807) is 66.7 Å². The maximum absolute atomic E-state index is 14.3. The van der Waals surface area contributed by atoms with Crippen LogP contribution in [0.4, 0.5) is 9.59 Å². The maximum atomic E-state index is 14.3. The van der Waals surface area contributed by atoms with Gasteiger partial charge in [0.2, 0.25) is 11.8 Å². The number of fused-ring (bicyclic) bond motifs is 5. The first-order valence-electron chi connectivity index (χ1n) is 20.0. The van der Waals surface area contributed by atoms with Gasteiger partial charge in [0.05, 0.1) is 0 Å². The molecule has 1 aromatic heterocycles. The molecule has 0 unspecified atom stereocenters. The number of likely N-dealkylation sites (tertiary alicyclic amines) is 2. The van der Waals surface area contributed by atoms with Crippen LogP contribution >= 0.6 is 0 Å². The van der Waals surface area contributed by atoms with Crippen molar-refractivity contribution >= 4 is 46.7 Å². The van der Waals surface area contributed by atoms with Gasteiger partial charge in [-0.3, -0.25) is 19.2 Å². The highest BCUT2D eigenvalue weighted by molar-refractivity contribution is 5.99. The first kappa shape index (κ1) is 39.7. The molecule has 4 atom stereocenters. The number of aryl methyl sites for hydroxylation is 2. The number of hydrogen-bond donors (Lipinski definition) is 7. The molecule has 0 radical (unpaired) electrons. The van der Waals surface area contributed by atoms with Gasteiger partial charge in [-0.1, -0.05) is 84.9 Å². The number of amides is 6. The number of carboxylic acid groups (broad SMARTS) is 2. The SMILES string of the molecule is NC(=O)[C@@]1(c2ccc3c(c2)CCCc2c-3[nH]c3ccc([C@]4(C(N)=O)CCCN4C(=O)[C@H](NC(=O)O)c4ccccc4)cc23)CCCN1C(=O)[C@H](NC(=O)O)c1ccccc1. The number of H-pyrrole nitrogens is 1. The van der Waals surface area contributed by atoms with Crippen molar-refractivity contribution in [3.05, 3.63) is 130 Å². The fraction of sp³-hybridized carbons (Fsp3) is 0.289. The second kappa shape index (κ2) is 15.5. The summed E-state index contributed by atoms with van der Waals surface area (Å²) in [5.41, 5.74) is 15.8. The number of aromatic nitrogens is 1. The third-order valence-electron chi connectivity index (χ3n) is 12.5. The van der Waals surface area contributed by atoms with Gasteiger partial charge in [0.25, 0.3) is 11.8 Å². The van der Waals surface area contributed by atoms with Crippen molar-refractivity contribution in [1.29, 1.82) is 0 Å². The minimum atomic E-state index is -1.53. The summed E-state index contributed by atoms with van der Waals surface area (Å²) in [6.07, 6.45) is 0.718. The van der Waals surface area contributed by atoms with Crippen LogP contribution in [-0.2, 0) is 43.1 Å². The molecule has 3 heterocycles. The van der Waals surface area contributed by atoms with E-state index >= 15 is 0 Å². The van der Waals surface area contributed by atoms with Crippen molar-refractivity contribution in [3.8, 4) is 11.3 Å². The Morgan fingerprint density at radius 1 is 0.633 bits per heavy atom. The molecule has 2 fully saturated rings. The zero-order chi connectivity index (χ0) is 42.3. The number of rotatable bonds is 10. The number of hydrogen-bond acceptors (Lipinski definition) is 6. The molecule has 2 aliphatic heterocycles. The Kier molecular flexibility index (Phi) is 10.3. The Morgan fingerprint density at radius 2 is 1.13 bits per heavy atom. The quantitative estimate of drug-likeness (QED) is 0.102. The molecule has 9 N–H and O–H groups in total. The predicted molar refractivity (Wildman–Crippen MR) is 220 cm³/mol. The van der Waals surface area contributed by atoms with Crippen LogP contribution in [0.15, 0.2) is 97.1 Å². The fourth-order valence-corrected chi connectivity index (χ4v) is 9.81. The topological polar surface area (TPSA) is 241 Å². The third-order valence-corrected chi connectivity index (χ3v) is 12.5. The number of primary amides is 2. The average molecular weight is 812 g/mol. The summed E-state index contributed by atoms with van der Waals surface area (Å²) in [6, 6.07) is 25.7. The first-order chi connectivity index (χ1) is 28.9. The first-order valence-corrected chi connectivity index (χ1v) is 20.0. The molecule has 8 rings (SSSR count). The lowest BCUT2D eigenvalue weighted by Gasteiger charge is -2.38. The van der Waals surface area contributed by atoms with Gasteiger partial charge in [-0.2, -0.15) is 0 Å².